The molecule has 0 atom stereocenters. The second-order valence-corrected chi connectivity index (χ2v) is 16.7. The van der Waals surface area contributed by atoms with Crippen LogP contribution in [0.1, 0.15) is 0 Å². The summed E-state index contributed by atoms with van der Waals surface area (Å²) >= 11 is 1.86. The van der Waals surface area contributed by atoms with Crippen molar-refractivity contribution in [3.63, 3.8) is 0 Å². The predicted molar refractivity (Wildman–Crippen MR) is 261 cm³/mol. The Hall–Kier alpha value is -7.72. The van der Waals surface area contributed by atoms with Gasteiger partial charge in [-0.05, 0) is 104 Å². The summed E-state index contributed by atoms with van der Waals surface area (Å²) in [6.07, 6.45) is 0. The zero-order chi connectivity index (χ0) is 40.3. The molecular formula is C58H37NOS. The van der Waals surface area contributed by atoms with Gasteiger partial charge in [-0.25, -0.2) is 0 Å². The summed E-state index contributed by atoms with van der Waals surface area (Å²) in [5.74, 6) is 0. The van der Waals surface area contributed by atoms with Crippen LogP contribution in [0.5, 0.6) is 0 Å². The molecule has 0 saturated heterocycles. The maximum absolute atomic E-state index is 6.41. The van der Waals surface area contributed by atoms with Crippen molar-refractivity contribution in [3.8, 4) is 44.5 Å². The molecule has 0 aliphatic carbocycles. The zero-order valence-electron chi connectivity index (χ0n) is 33.1. The molecule has 12 aromatic rings. The third kappa shape index (κ3) is 6.01. The van der Waals surface area contributed by atoms with Gasteiger partial charge in [0.1, 0.15) is 11.2 Å². The standard InChI is InChI=1S/C58H37NOS/c1-2-18-44-39(14-1)15-12-24-47(44)46-20-4-3-19-45(46)41-16-11-17-43(36-41)59(42-33-30-38(31-34-42)40-32-35-50-49-22-7-10-29-56(49)61-57(50)37-40)53-26-8-5-21-48(53)51-25-13-28-55-58(51)52-23-6-9-27-54(52)60-55/h1-37H. The second-order valence-electron chi connectivity index (χ2n) is 15.6. The minimum atomic E-state index is 0.882. The molecule has 286 valence electrons. The lowest BCUT2D eigenvalue weighted by atomic mass is 9.91. The molecule has 0 unspecified atom stereocenters. The van der Waals surface area contributed by atoms with Crippen LogP contribution >= 0.6 is 11.3 Å². The molecule has 2 nitrogen and oxygen atoms in total. The van der Waals surface area contributed by atoms with Crippen LogP contribution in [0.2, 0.25) is 0 Å². The van der Waals surface area contributed by atoms with E-state index < -0.39 is 0 Å². The normalized spacial score (nSPS) is 11.6. The SMILES string of the molecule is c1cc(-c2ccccc2-c2cccc3ccccc23)cc(N(c2ccc(-c3ccc4c(c3)sc3ccccc34)cc2)c2ccccc2-c2cccc3oc4ccccc4c23)c1. The van der Waals surface area contributed by atoms with Crippen LogP contribution in [-0.4, -0.2) is 0 Å². The van der Waals surface area contributed by atoms with E-state index in [1.165, 1.54) is 58.8 Å². The molecule has 12 rings (SSSR count). The van der Waals surface area contributed by atoms with Gasteiger partial charge >= 0.3 is 0 Å². The van der Waals surface area contributed by atoms with Crippen molar-refractivity contribution in [2.75, 3.05) is 4.90 Å². The lowest BCUT2D eigenvalue weighted by molar-refractivity contribution is 0.669. The van der Waals surface area contributed by atoms with Gasteiger partial charge in [0.15, 0.2) is 0 Å². The zero-order valence-corrected chi connectivity index (χ0v) is 33.9. The van der Waals surface area contributed by atoms with Crippen LogP contribution in [0.15, 0.2) is 229 Å². The van der Waals surface area contributed by atoms with E-state index in [0.717, 1.165) is 55.7 Å². The largest absolute Gasteiger partial charge is 0.456 e. The van der Waals surface area contributed by atoms with Crippen molar-refractivity contribution >= 4 is 81.3 Å². The summed E-state index contributed by atoms with van der Waals surface area (Å²) < 4.78 is 9.03. The van der Waals surface area contributed by atoms with Crippen molar-refractivity contribution in [1.29, 1.82) is 0 Å². The molecule has 3 heteroatoms. The van der Waals surface area contributed by atoms with Crippen molar-refractivity contribution in [1.82, 2.24) is 0 Å². The average molecular weight is 796 g/mol. The van der Waals surface area contributed by atoms with Crippen molar-refractivity contribution < 1.29 is 4.42 Å². The predicted octanol–water partition coefficient (Wildman–Crippen LogP) is 17.2. The summed E-state index contributed by atoms with van der Waals surface area (Å²) in [6.45, 7) is 0. The Balaban J connectivity index is 1.03. The molecule has 0 aliphatic heterocycles. The molecule has 2 aromatic heterocycles. The number of para-hydroxylation sites is 2. The Labute approximate surface area is 357 Å². The molecule has 0 N–H and O–H groups in total. The molecule has 0 spiro atoms. The summed E-state index contributed by atoms with van der Waals surface area (Å²) in [7, 11) is 0. The van der Waals surface area contributed by atoms with E-state index in [1.54, 1.807) is 0 Å². The fourth-order valence-electron chi connectivity index (χ4n) is 9.27. The fraction of sp³-hybridized carbons (Fsp3) is 0. The quantitative estimate of drug-likeness (QED) is 0.160. The van der Waals surface area contributed by atoms with Crippen LogP contribution in [-0.2, 0) is 0 Å². The Morgan fingerprint density at radius 2 is 0.951 bits per heavy atom. The Morgan fingerprint density at radius 3 is 1.85 bits per heavy atom. The highest BCUT2D eigenvalue weighted by atomic mass is 32.1. The molecular weight excluding hydrogens is 759 g/mol. The highest BCUT2D eigenvalue weighted by Gasteiger charge is 2.21. The number of anilines is 3. The summed E-state index contributed by atoms with van der Waals surface area (Å²) in [5, 5.41) is 7.35. The van der Waals surface area contributed by atoms with Crippen LogP contribution in [0.25, 0.3) is 97.4 Å². The number of rotatable bonds is 7. The van der Waals surface area contributed by atoms with E-state index in [0.29, 0.717) is 0 Å². The molecule has 0 fully saturated rings. The van der Waals surface area contributed by atoms with E-state index in [4.69, 9.17) is 4.42 Å². The van der Waals surface area contributed by atoms with Gasteiger partial charge in [-0.15, -0.1) is 11.3 Å². The highest BCUT2D eigenvalue weighted by molar-refractivity contribution is 7.25. The molecule has 10 aromatic carbocycles. The summed E-state index contributed by atoms with van der Waals surface area (Å²) in [4.78, 5) is 2.42. The maximum atomic E-state index is 6.41. The van der Waals surface area contributed by atoms with E-state index in [-0.39, 0.29) is 0 Å². The van der Waals surface area contributed by atoms with Crippen LogP contribution in [0.4, 0.5) is 17.1 Å². The topological polar surface area (TPSA) is 16.4 Å². The average Bonchev–Trinajstić information content (AvgIpc) is 3.90. The smallest absolute Gasteiger partial charge is 0.136 e. The van der Waals surface area contributed by atoms with Crippen LogP contribution in [0.3, 0.4) is 0 Å². The number of furan rings is 1. The number of fused-ring (bicyclic) bond motifs is 7. The lowest BCUT2D eigenvalue weighted by Gasteiger charge is -2.29. The first kappa shape index (κ1) is 35.2. The first-order chi connectivity index (χ1) is 30.2. The first-order valence-electron chi connectivity index (χ1n) is 20.7. The third-order valence-corrected chi connectivity index (χ3v) is 13.2. The Morgan fingerprint density at radius 1 is 0.328 bits per heavy atom. The van der Waals surface area contributed by atoms with E-state index in [9.17, 15) is 0 Å². The van der Waals surface area contributed by atoms with Gasteiger partial charge in [0.2, 0.25) is 0 Å². The van der Waals surface area contributed by atoms with Gasteiger partial charge in [-0.3, -0.25) is 0 Å². The van der Waals surface area contributed by atoms with Gasteiger partial charge in [0, 0.05) is 47.9 Å². The maximum Gasteiger partial charge on any atom is 0.136 e. The van der Waals surface area contributed by atoms with Gasteiger partial charge < -0.3 is 9.32 Å². The first-order valence-corrected chi connectivity index (χ1v) is 21.6. The van der Waals surface area contributed by atoms with E-state index in [1.807, 2.05) is 17.4 Å². The monoisotopic (exact) mass is 795 g/mol. The van der Waals surface area contributed by atoms with Crippen molar-refractivity contribution in [2.45, 2.75) is 0 Å². The lowest BCUT2D eigenvalue weighted by Crippen LogP contribution is -2.11. The van der Waals surface area contributed by atoms with E-state index >= 15 is 0 Å². The molecule has 2 heterocycles. The van der Waals surface area contributed by atoms with Crippen molar-refractivity contribution in [2.24, 2.45) is 0 Å². The van der Waals surface area contributed by atoms with Crippen LogP contribution in [0, 0.1) is 0 Å². The van der Waals surface area contributed by atoms with Gasteiger partial charge in [-0.1, -0.05) is 170 Å². The highest BCUT2D eigenvalue weighted by Crippen LogP contribution is 2.46. The van der Waals surface area contributed by atoms with Gasteiger partial charge in [0.05, 0.1) is 5.69 Å². The van der Waals surface area contributed by atoms with Gasteiger partial charge in [-0.2, -0.15) is 0 Å². The van der Waals surface area contributed by atoms with E-state index in [2.05, 4.69) is 223 Å². The minimum absolute atomic E-state index is 0.882. The molecule has 0 bridgehead atoms. The number of benzene rings is 10. The summed E-state index contributed by atoms with van der Waals surface area (Å²) in [6, 6.07) is 81.2. The molecule has 0 saturated carbocycles. The number of thiophene rings is 1. The molecule has 0 radical (unpaired) electrons. The Kier molecular flexibility index (Phi) is 8.39. The number of nitrogens with zero attached hydrogens (tertiary/aromatic N) is 1. The molecule has 0 amide bonds. The second kappa shape index (κ2) is 14.5. The van der Waals surface area contributed by atoms with Gasteiger partial charge in [0.25, 0.3) is 0 Å². The molecule has 0 aliphatic rings. The van der Waals surface area contributed by atoms with Crippen LogP contribution < -0.4 is 4.90 Å². The molecule has 61 heavy (non-hydrogen) atoms. The number of hydrogen-bond acceptors (Lipinski definition) is 3. The Bertz CT molecular complexity index is 3610. The summed E-state index contributed by atoms with van der Waals surface area (Å²) in [5.41, 5.74) is 14.4. The number of hydrogen-bond donors (Lipinski definition) is 0. The third-order valence-electron chi connectivity index (χ3n) is 12.1. The fourth-order valence-corrected chi connectivity index (χ4v) is 10.4. The minimum Gasteiger partial charge on any atom is -0.456 e. The van der Waals surface area contributed by atoms with Crippen molar-refractivity contribution in [3.05, 3.63) is 224 Å².